The van der Waals surface area contributed by atoms with E-state index in [0.717, 1.165) is 11.3 Å². The lowest BCUT2D eigenvalue weighted by atomic mass is 10.2. The lowest BCUT2D eigenvalue weighted by Crippen LogP contribution is -2.36. The molecule has 0 atom stereocenters. The van der Waals surface area contributed by atoms with Crippen LogP contribution in [-0.2, 0) is 6.54 Å². The second kappa shape index (κ2) is 6.78. The van der Waals surface area contributed by atoms with Crippen LogP contribution in [0.15, 0.2) is 24.3 Å². The Kier molecular flexibility index (Phi) is 5.33. The van der Waals surface area contributed by atoms with Gasteiger partial charge in [-0.15, -0.1) is 0 Å². The molecule has 0 aliphatic rings. The highest BCUT2D eigenvalue weighted by molar-refractivity contribution is 5.73. The SMILES string of the molecule is COc1ccc(CNC(=O)NCC(C)C)cc1. The van der Waals surface area contributed by atoms with Gasteiger partial charge in [0.25, 0.3) is 0 Å². The van der Waals surface area contributed by atoms with Crippen molar-refractivity contribution in [2.75, 3.05) is 13.7 Å². The Morgan fingerprint density at radius 3 is 2.41 bits per heavy atom. The molecule has 0 saturated carbocycles. The van der Waals surface area contributed by atoms with Gasteiger partial charge in [0.1, 0.15) is 5.75 Å². The van der Waals surface area contributed by atoms with Gasteiger partial charge in [0.05, 0.1) is 7.11 Å². The minimum Gasteiger partial charge on any atom is -0.497 e. The third-order valence-electron chi connectivity index (χ3n) is 2.28. The van der Waals surface area contributed by atoms with Crippen LogP contribution in [0.5, 0.6) is 5.75 Å². The zero-order chi connectivity index (χ0) is 12.7. The highest BCUT2D eigenvalue weighted by Crippen LogP contribution is 2.10. The van der Waals surface area contributed by atoms with E-state index in [1.54, 1.807) is 7.11 Å². The molecule has 0 fully saturated rings. The van der Waals surface area contributed by atoms with Gasteiger partial charge < -0.3 is 15.4 Å². The molecule has 0 unspecified atom stereocenters. The van der Waals surface area contributed by atoms with Crippen molar-refractivity contribution in [3.05, 3.63) is 29.8 Å². The predicted molar refractivity (Wildman–Crippen MR) is 68.1 cm³/mol. The molecule has 0 bridgehead atoms. The third-order valence-corrected chi connectivity index (χ3v) is 2.28. The maximum absolute atomic E-state index is 11.4. The fraction of sp³-hybridized carbons (Fsp3) is 0.462. The van der Waals surface area contributed by atoms with E-state index in [9.17, 15) is 4.79 Å². The van der Waals surface area contributed by atoms with Gasteiger partial charge in [-0.2, -0.15) is 0 Å². The van der Waals surface area contributed by atoms with Gasteiger partial charge in [-0.25, -0.2) is 4.79 Å². The van der Waals surface area contributed by atoms with Crippen molar-refractivity contribution in [2.45, 2.75) is 20.4 Å². The Bertz CT molecular complexity index is 347. The molecule has 94 valence electrons. The molecule has 1 aromatic carbocycles. The van der Waals surface area contributed by atoms with E-state index in [0.29, 0.717) is 19.0 Å². The predicted octanol–water partition coefficient (Wildman–Crippen LogP) is 2.15. The summed E-state index contributed by atoms with van der Waals surface area (Å²) >= 11 is 0. The number of amides is 2. The Balaban J connectivity index is 2.31. The largest absolute Gasteiger partial charge is 0.497 e. The monoisotopic (exact) mass is 236 g/mol. The average molecular weight is 236 g/mol. The van der Waals surface area contributed by atoms with E-state index < -0.39 is 0 Å². The molecule has 4 heteroatoms. The summed E-state index contributed by atoms with van der Waals surface area (Å²) in [6.07, 6.45) is 0. The summed E-state index contributed by atoms with van der Waals surface area (Å²) in [7, 11) is 1.63. The number of hydrogen-bond acceptors (Lipinski definition) is 2. The summed E-state index contributed by atoms with van der Waals surface area (Å²) < 4.78 is 5.06. The van der Waals surface area contributed by atoms with Gasteiger partial charge in [-0.1, -0.05) is 26.0 Å². The molecule has 0 spiro atoms. The molecule has 0 radical (unpaired) electrons. The number of rotatable bonds is 5. The van der Waals surface area contributed by atoms with Gasteiger partial charge in [0, 0.05) is 13.1 Å². The van der Waals surface area contributed by atoms with Crippen molar-refractivity contribution in [1.29, 1.82) is 0 Å². The van der Waals surface area contributed by atoms with Crippen molar-refractivity contribution in [3.8, 4) is 5.75 Å². The van der Waals surface area contributed by atoms with Crippen LogP contribution in [-0.4, -0.2) is 19.7 Å². The lowest BCUT2D eigenvalue weighted by molar-refractivity contribution is 0.239. The number of carbonyl (C=O) groups is 1. The standard InChI is InChI=1S/C13H20N2O2/c1-10(2)8-14-13(16)15-9-11-4-6-12(17-3)7-5-11/h4-7,10H,8-9H2,1-3H3,(H2,14,15,16). The van der Waals surface area contributed by atoms with Gasteiger partial charge in [0.2, 0.25) is 0 Å². The molecular formula is C13H20N2O2. The number of methoxy groups -OCH3 is 1. The number of urea groups is 1. The molecule has 1 aromatic rings. The quantitative estimate of drug-likeness (QED) is 0.823. The molecular weight excluding hydrogens is 216 g/mol. The fourth-order valence-electron chi connectivity index (χ4n) is 1.29. The first-order valence-corrected chi connectivity index (χ1v) is 5.76. The maximum Gasteiger partial charge on any atom is 0.315 e. The highest BCUT2D eigenvalue weighted by Gasteiger charge is 2.01. The first-order chi connectivity index (χ1) is 8.11. The summed E-state index contributed by atoms with van der Waals surface area (Å²) in [4.78, 5) is 11.4. The van der Waals surface area contributed by atoms with E-state index >= 15 is 0 Å². The molecule has 4 nitrogen and oxygen atoms in total. The van der Waals surface area contributed by atoms with E-state index in [-0.39, 0.29) is 6.03 Å². The highest BCUT2D eigenvalue weighted by atomic mass is 16.5. The van der Waals surface area contributed by atoms with E-state index in [2.05, 4.69) is 24.5 Å². The zero-order valence-corrected chi connectivity index (χ0v) is 10.6. The van der Waals surface area contributed by atoms with Crippen LogP contribution in [0.3, 0.4) is 0 Å². The summed E-state index contributed by atoms with van der Waals surface area (Å²) in [6, 6.07) is 7.49. The first-order valence-electron chi connectivity index (χ1n) is 5.76. The molecule has 0 aliphatic heterocycles. The second-order valence-electron chi connectivity index (χ2n) is 4.31. The van der Waals surface area contributed by atoms with Crippen molar-refractivity contribution < 1.29 is 9.53 Å². The first kappa shape index (κ1) is 13.4. The van der Waals surface area contributed by atoms with Gasteiger partial charge >= 0.3 is 6.03 Å². The molecule has 0 aliphatic carbocycles. The van der Waals surface area contributed by atoms with Crippen LogP contribution >= 0.6 is 0 Å². The van der Waals surface area contributed by atoms with Crippen molar-refractivity contribution >= 4 is 6.03 Å². The van der Waals surface area contributed by atoms with Crippen LogP contribution in [0.4, 0.5) is 4.79 Å². The smallest absolute Gasteiger partial charge is 0.315 e. The van der Waals surface area contributed by atoms with Crippen molar-refractivity contribution in [1.82, 2.24) is 10.6 Å². The van der Waals surface area contributed by atoms with Crippen LogP contribution in [0.2, 0.25) is 0 Å². The van der Waals surface area contributed by atoms with Crippen LogP contribution in [0.1, 0.15) is 19.4 Å². The molecule has 0 saturated heterocycles. The molecule has 0 aromatic heterocycles. The molecule has 2 amide bonds. The topological polar surface area (TPSA) is 50.4 Å². The number of nitrogens with one attached hydrogen (secondary N) is 2. The summed E-state index contributed by atoms with van der Waals surface area (Å²) in [5.74, 6) is 1.28. The van der Waals surface area contributed by atoms with Gasteiger partial charge in [-0.05, 0) is 23.6 Å². The maximum atomic E-state index is 11.4. The van der Waals surface area contributed by atoms with Crippen molar-refractivity contribution in [3.63, 3.8) is 0 Å². The normalized spacial score (nSPS) is 10.1. The lowest BCUT2D eigenvalue weighted by Gasteiger charge is -2.09. The number of carbonyl (C=O) groups excluding carboxylic acids is 1. The van der Waals surface area contributed by atoms with Gasteiger partial charge in [0.15, 0.2) is 0 Å². The Morgan fingerprint density at radius 2 is 1.88 bits per heavy atom. The van der Waals surface area contributed by atoms with E-state index in [4.69, 9.17) is 4.74 Å². The number of hydrogen-bond donors (Lipinski definition) is 2. The van der Waals surface area contributed by atoms with E-state index in [1.807, 2.05) is 24.3 Å². The third kappa shape index (κ3) is 5.24. The minimum atomic E-state index is -0.130. The number of benzene rings is 1. The summed E-state index contributed by atoms with van der Waals surface area (Å²) in [5, 5.41) is 5.60. The fourth-order valence-corrected chi connectivity index (χ4v) is 1.29. The Morgan fingerprint density at radius 1 is 1.24 bits per heavy atom. The summed E-state index contributed by atoms with van der Waals surface area (Å²) in [5.41, 5.74) is 1.05. The minimum absolute atomic E-state index is 0.130. The van der Waals surface area contributed by atoms with Crippen molar-refractivity contribution in [2.24, 2.45) is 5.92 Å². The average Bonchev–Trinajstić information content (AvgIpc) is 2.34. The summed E-state index contributed by atoms with van der Waals surface area (Å²) in [6.45, 7) is 5.33. The van der Waals surface area contributed by atoms with Crippen LogP contribution in [0, 0.1) is 5.92 Å². The Labute approximate surface area is 102 Å². The second-order valence-corrected chi connectivity index (χ2v) is 4.31. The molecule has 1 rings (SSSR count). The van der Waals surface area contributed by atoms with Crippen LogP contribution < -0.4 is 15.4 Å². The van der Waals surface area contributed by atoms with E-state index in [1.165, 1.54) is 0 Å². The molecule has 17 heavy (non-hydrogen) atoms. The van der Waals surface area contributed by atoms with Crippen LogP contribution in [0.25, 0.3) is 0 Å². The number of ether oxygens (including phenoxy) is 1. The Hall–Kier alpha value is -1.71. The zero-order valence-electron chi connectivity index (χ0n) is 10.6. The molecule has 2 N–H and O–H groups in total. The van der Waals surface area contributed by atoms with Gasteiger partial charge in [-0.3, -0.25) is 0 Å². The molecule has 0 heterocycles.